The van der Waals surface area contributed by atoms with Gasteiger partial charge in [-0.3, -0.25) is 10.1 Å². The number of hydrogen-bond acceptors (Lipinski definition) is 2. The molecule has 1 heterocycles. The zero-order valence-corrected chi connectivity index (χ0v) is 12.7. The lowest BCUT2D eigenvalue weighted by Crippen LogP contribution is -2.34. The molecule has 1 aromatic heterocycles. The topological polar surface area (TPSA) is 47.0 Å². The van der Waals surface area contributed by atoms with Crippen molar-refractivity contribution < 1.29 is 9.49 Å². The molecule has 0 spiro atoms. The third kappa shape index (κ3) is 2.78. The molecule has 2 aromatic carbocycles. The molecule has 0 unspecified atom stereocenters. The Labute approximate surface area is 129 Å². The molecular formula is C16H12BrN2O2+. The van der Waals surface area contributed by atoms with E-state index in [9.17, 15) is 10.1 Å². The number of non-ortho nitro benzene ring substituents is 1. The molecule has 3 rings (SSSR count). The van der Waals surface area contributed by atoms with Crippen molar-refractivity contribution in [3.8, 4) is 0 Å². The predicted octanol–water partition coefficient (Wildman–Crippen LogP) is 3.85. The van der Waals surface area contributed by atoms with Crippen LogP contribution in [0, 0.1) is 10.1 Å². The van der Waals surface area contributed by atoms with Crippen LogP contribution in [0.3, 0.4) is 0 Å². The Morgan fingerprint density at radius 2 is 1.81 bits per heavy atom. The number of pyridine rings is 1. The summed E-state index contributed by atoms with van der Waals surface area (Å²) in [6.45, 7) is 0.672. The minimum Gasteiger partial charge on any atom is -0.258 e. The summed E-state index contributed by atoms with van der Waals surface area (Å²) >= 11 is 3.41. The van der Waals surface area contributed by atoms with Gasteiger partial charge in [-0.25, -0.2) is 0 Å². The van der Waals surface area contributed by atoms with Gasteiger partial charge in [0.25, 0.3) is 5.69 Å². The Morgan fingerprint density at radius 3 is 2.52 bits per heavy atom. The monoisotopic (exact) mass is 343 g/mol. The molecule has 0 aliphatic rings. The standard InChI is InChI=1S/C16H12BrN2O2/c17-13-8-6-12(7-9-13)11-18-10-2-3-14-15(18)4-1-5-16(14)19(20)21/h1-10H,11H2/q+1. The number of nitrogens with zero attached hydrogens (tertiary/aromatic N) is 2. The van der Waals surface area contributed by atoms with E-state index in [4.69, 9.17) is 0 Å². The lowest BCUT2D eigenvalue weighted by Gasteiger charge is -2.02. The van der Waals surface area contributed by atoms with Crippen molar-refractivity contribution in [2.45, 2.75) is 6.54 Å². The number of hydrogen-bond donors (Lipinski definition) is 0. The minimum absolute atomic E-state index is 0.137. The van der Waals surface area contributed by atoms with Gasteiger partial charge in [0.05, 0.1) is 4.92 Å². The van der Waals surface area contributed by atoms with E-state index in [0.717, 1.165) is 15.6 Å². The van der Waals surface area contributed by atoms with Crippen molar-refractivity contribution in [1.82, 2.24) is 0 Å². The van der Waals surface area contributed by atoms with E-state index in [1.807, 2.05) is 47.2 Å². The fourth-order valence-corrected chi connectivity index (χ4v) is 2.63. The highest BCUT2D eigenvalue weighted by molar-refractivity contribution is 9.10. The van der Waals surface area contributed by atoms with E-state index in [2.05, 4.69) is 15.9 Å². The molecule has 0 fully saturated rings. The number of rotatable bonds is 3. The van der Waals surface area contributed by atoms with E-state index in [0.29, 0.717) is 11.9 Å². The number of halogens is 1. The lowest BCUT2D eigenvalue weighted by molar-refractivity contribution is -0.662. The zero-order chi connectivity index (χ0) is 14.8. The number of fused-ring (bicyclic) bond motifs is 1. The van der Waals surface area contributed by atoms with Crippen molar-refractivity contribution >= 4 is 32.5 Å². The van der Waals surface area contributed by atoms with Crippen LogP contribution in [0.2, 0.25) is 0 Å². The third-order valence-electron chi connectivity index (χ3n) is 3.36. The van der Waals surface area contributed by atoms with Gasteiger partial charge in [-0.1, -0.05) is 28.1 Å². The van der Waals surface area contributed by atoms with Gasteiger partial charge in [-0.2, -0.15) is 4.57 Å². The molecular weight excluding hydrogens is 332 g/mol. The maximum atomic E-state index is 11.1. The van der Waals surface area contributed by atoms with Crippen molar-refractivity contribution in [3.05, 3.63) is 80.9 Å². The maximum absolute atomic E-state index is 11.1. The molecule has 0 aliphatic heterocycles. The summed E-state index contributed by atoms with van der Waals surface area (Å²) < 4.78 is 3.05. The summed E-state index contributed by atoms with van der Waals surface area (Å²) in [5.41, 5.74) is 2.13. The van der Waals surface area contributed by atoms with Gasteiger partial charge in [-0.05, 0) is 24.3 Å². The predicted molar refractivity (Wildman–Crippen MR) is 84.0 cm³/mol. The molecule has 0 radical (unpaired) electrons. The van der Waals surface area contributed by atoms with Crippen LogP contribution in [0.1, 0.15) is 5.56 Å². The summed E-state index contributed by atoms with van der Waals surface area (Å²) in [6, 6.07) is 16.8. The Kier molecular flexibility index (Phi) is 3.66. The molecule has 0 aliphatic carbocycles. The van der Waals surface area contributed by atoms with Crippen LogP contribution < -0.4 is 4.57 Å². The highest BCUT2D eigenvalue weighted by Crippen LogP contribution is 2.22. The van der Waals surface area contributed by atoms with E-state index in [1.54, 1.807) is 12.1 Å². The van der Waals surface area contributed by atoms with Gasteiger partial charge in [0.15, 0.2) is 12.7 Å². The van der Waals surface area contributed by atoms with Gasteiger partial charge in [0.2, 0.25) is 5.52 Å². The zero-order valence-electron chi connectivity index (χ0n) is 11.1. The molecule has 21 heavy (non-hydrogen) atoms. The number of benzene rings is 2. The molecule has 0 amide bonds. The van der Waals surface area contributed by atoms with Crippen LogP contribution in [-0.4, -0.2) is 4.92 Å². The Bertz CT molecular complexity index is 816. The Hall–Kier alpha value is -2.27. The summed E-state index contributed by atoms with van der Waals surface area (Å²) in [7, 11) is 0. The summed E-state index contributed by atoms with van der Waals surface area (Å²) in [5.74, 6) is 0. The molecule has 0 atom stereocenters. The van der Waals surface area contributed by atoms with Crippen molar-refractivity contribution in [1.29, 1.82) is 0 Å². The molecule has 0 saturated carbocycles. The average Bonchev–Trinajstić information content (AvgIpc) is 2.49. The molecule has 4 nitrogen and oxygen atoms in total. The minimum atomic E-state index is -0.341. The van der Waals surface area contributed by atoms with Crippen molar-refractivity contribution in [2.24, 2.45) is 0 Å². The van der Waals surface area contributed by atoms with Gasteiger partial charge < -0.3 is 0 Å². The van der Waals surface area contributed by atoms with E-state index in [-0.39, 0.29) is 10.6 Å². The number of aromatic nitrogens is 1. The molecule has 0 bridgehead atoms. The van der Waals surface area contributed by atoms with Crippen molar-refractivity contribution in [2.75, 3.05) is 0 Å². The summed E-state index contributed by atoms with van der Waals surface area (Å²) in [6.07, 6.45) is 1.94. The van der Waals surface area contributed by atoms with Gasteiger partial charge >= 0.3 is 0 Å². The first kappa shape index (κ1) is 13.7. The SMILES string of the molecule is O=[N+]([O-])c1cccc2c1ccc[n+]2Cc1ccc(Br)cc1. The molecule has 104 valence electrons. The molecule has 5 heteroatoms. The van der Waals surface area contributed by atoms with Crippen LogP contribution >= 0.6 is 15.9 Å². The molecule has 0 saturated heterocycles. The first-order valence-corrected chi connectivity index (χ1v) is 7.24. The Balaban J connectivity index is 2.09. The van der Waals surface area contributed by atoms with E-state index in [1.165, 1.54) is 6.07 Å². The normalized spacial score (nSPS) is 10.7. The van der Waals surface area contributed by atoms with Crippen LogP contribution in [0.25, 0.3) is 10.9 Å². The summed E-state index contributed by atoms with van der Waals surface area (Å²) in [5, 5.41) is 11.8. The van der Waals surface area contributed by atoms with Gasteiger partial charge in [0, 0.05) is 28.2 Å². The van der Waals surface area contributed by atoms with Crippen molar-refractivity contribution in [3.63, 3.8) is 0 Å². The van der Waals surface area contributed by atoms with Gasteiger partial charge in [-0.15, -0.1) is 0 Å². The summed E-state index contributed by atoms with van der Waals surface area (Å²) in [4.78, 5) is 10.8. The second-order valence-corrected chi connectivity index (χ2v) is 5.65. The van der Waals surface area contributed by atoms with Gasteiger partial charge in [0.1, 0.15) is 5.39 Å². The largest absolute Gasteiger partial charge is 0.283 e. The fourth-order valence-electron chi connectivity index (χ4n) is 2.37. The van der Waals surface area contributed by atoms with Crippen LogP contribution in [0.4, 0.5) is 5.69 Å². The first-order chi connectivity index (χ1) is 10.1. The highest BCUT2D eigenvalue weighted by atomic mass is 79.9. The highest BCUT2D eigenvalue weighted by Gasteiger charge is 2.17. The van der Waals surface area contributed by atoms with Crippen LogP contribution in [0.15, 0.2) is 65.3 Å². The van der Waals surface area contributed by atoms with Crippen LogP contribution in [-0.2, 0) is 6.54 Å². The number of nitro groups is 1. The smallest absolute Gasteiger partial charge is 0.258 e. The Morgan fingerprint density at radius 1 is 1.05 bits per heavy atom. The van der Waals surface area contributed by atoms with Crippen LogP contribution in [0.5, 0.6) is 0 Å². The fraction of sp³-hybridized carbons (Fsp3) is 0.0625. The molecule has 0 N–H and O–H groups in total. The average molecular weight is 344 g/mol. The second kappa shape index (κ2) is 5.61. The second-order valence-electron chi connectivity index (χ2n) is 4.73. The maximum Gasteiger partial charge on any atom is 0.283 e. The van der Waals surface area contributed by atoms with E-state index >= 15 is 0 Å². The molecule has 3 aromatic rings. The third-order valence-corrected chi connectivity index (χ3v) is 3.89. The quantitative estimate of drug-likeness (QED) is 0.412. The lowest BCUT2D eigenvalue weighted by atomic mass is 10.1. The number of nitro benzene ring substituents is 1. The first-order valence-electron chi connectivity index (χ1n) is 6.45. The van der Waals surface area contributed by atoms with E-state index < -0.39 is 0 Å².